The minimum Gasteiger partial charge on any atom is -0.445 e. The lowest BCUT2D eigenvalue weighted by Crippen LogP contribution is -2.46. The van der Waals surface area contributed by atoms with E-state index in [0.29, 0.717) is 0 Å². The van der Waals surface area contributed by atoms with E-state index in [-0.39, 0.29) is 0 Å². The Morgan fingerprint density at radius 3 is 2.74 bits per heavy atom. The molecule has 3 aromatic rings. The van der Waals surface area contributed by atoms with Crippen LogP contribution >= 0.6 is 0 Å². The van der Waals surface area contributed by atoms with Gasteiger partial charge in [0.1, 0.15) is 12.1 Å². The maximum absolute atomic E-state index is 5.57. The first-order chi connectivity index (χ1) is 11.3. The third-order valence-electron chi connectivity index (χ3n) is 4.25. The van der Waals surface area contributed by atoms with Crippen LogP contribution in [0.2, 0.25) is 0 Å². The van der Waals surface area contributed by atoms with E-state index in [9.17, 15) is 0 Å². The maximum Gasteiger partial charge on any atom is 0.208 e. The lowest BCUT2D eigenvalue weighted by atomic mass is 10.2. The van der Waals surface area contributed by atoms with Crippen molar-refractivity contribution in [1.29, 1.82) is 0 Å². The molecular formula is C17H19N5O. The van der Waals surface area contributed by atoms with Crippen molar-refractivity contribution in [3.8, 4) is 0 Å². The minimum absolute atomic E-state index is 0.785. The molecule has 1 aliphatic heterocycles. The van der Waals surface area contributed by atoms with Crippen molar-refractivity contribution in [3.05, 3.63) is 48.6 Å². The van der Waals surface area contributed by atoms with Crippen molar-refractivity contribution in [3.63, 3.8) is 0 Å². The van der Waals surface area contributed by atoms with Gasteiger partial charge in [0.05, 0.1) is 18.3 Å². The van der Waals surface area contributed by atoms with Gasteiger partial charge in [0.15, 0.2) is 0 Å². The summed E-state index contributed by atoms with van der Waals surface area (Å²) in [6.45, 7) is 6.72. The Morgan fingerprint density at radius 1 is 1.09 bits per heavy atom. The molecule has 0 aliphatic carbocycles. The topological polar surface area (TPSA) is 58.3 Å². The molecule has 3 heterocycles. The molecule has 0 spiro atoms. The third kappa shape index (κ3) is 3.03. The first-order valence-electron chi connectivity index (χ1n) is 7.86. The molecule has 6 nitrogen and oxygen atoms in total. The molecule has 0 atom stereocenters. The number of anilines is 1. The SMILES string of the molecule is Cc1cnc(CN2CCN(c3ccc4ncncc4c3)CC2)o1. The van der Waals surface area contributed by atoms with Crippen LogP contribution in [-0.2, 0) is 6.54 Å². The summed E-state index contributed by atoms with van der Waals surface area (Å²) in [4.78, 5) is 17.5. The van der Waals surface area contributed by atoms with E-state index in [1.165, 1.54) is 5.69 Å². The van der Waals surface area contributed by atoms with Crippen LogP contribution in [0.15, 0.2) is 41.3 Å². The fraction of sp³-hybridized carbons (Fsp3) is 0.353. The Kier molecular flexibility index (Phi) is 3.67. The van der Waals surface area contributed by atoms with Crippen LogP contribution < -0.4 is 4.90 Å². The minimum atomic E-state index is 0.785. The van der Waals surface area contributed by atoms with Gasteiger partial charge in [-0.15, -0.1) is 0 Å². The van der Waals surface area contributed by atoms with Gasteiger partial charge >= 0.3 is 0 Å². The maximum atomic E-state index is 5.57. The lowest BCUT2D eigenvalue weighted by Gasteiger charge is -2.35. The number of rotatable bonds is 3. The Bertz CT molecular complexity index is 807. The Hall–Kier alpha value is -2.47. The summed E-state index contributed by atoms with van der Waals surface area (Å²) >= 11 is 0. The van der Waals surface area contributed by atoms with Crippen LogP contribution in [0.3, 0.4) is 0 Å². The predicted octanol–water partition coefficient (Wildman–Crippen LogP) is 2.25. The summed E-state index contributed by atoms with van der Waals surface area (Å²) < 4.78 is 5.57. The zero-order valence-corrected chi connectivity index (χ0v) is 13.1. The molecule has 23 heavy (non-hydrogen) atoms. The van der Waals surface area contributed by atoms with Gasteiger partial charge < -0.3 is 9.32 Å². The molecular weight excluding hydrogens is 290 g/mol. The second kappa shape index (κ2) is 5.96. The molecule has 1 fully saturated rings. The van der Waals surface area contributed by atoms with Gasteiger partial charge in [-0.25, -0.2) is 15.0 Å². The summed E-state index contributed by atoms with van der Waals surface area (Å²) in [6.07, 6.45) is 5.24. The second-order valence-corrected chi connectivity index (χ2v) is 5.89. The number of fused-ring (bicyclic) bond motifs is 1. The van der Waals surface area contributed by atoms with Crippen molar-refractivity contribution in [2.45, 2.75) is 13.5 Å². The molecule has 1 aliphatic rings. The molecule has 0 saturated carbocycles. The highest BCUT2D eigenvalue weighted by Gasteiger charge is 2.19. The van der Waals surface area contributed by atoms with Crippen molar-refractivity contribution >= 4 is 16.6 Å². The molecule has 6 heteroatoms. The van der Waals surface area contributed by atoms with E-state index in [1.54, 1.807) is 12.5 Å². The van der Waals surface area contributed by atoms with Crippen LogP contribution in [0.4, 0.5) is 5.69 Å². The van der Waals surface area contributed by atoms with Gasteiger partial charge in [0, 0.05) is 43.4 Å². The first kappa shape index (κ1) is 14.1. The number of oxazole rings is 1. The summed E-state index contributed by atoms with van der Waals surface area (Å²) in [5.41, 5.74) is 2.22. The van der Waals surface area contributed by atoms with Gasteiger partial charge in [-0.2, -0.15) is 0 Å². The number of aromatic nitrogens is 3. The van der Waals surface area contributed by atoms with E-state index in [0.717, 1.165) is 55.3 Å². The van der Waals surface area contributed by atoms with Gasteiger partial charge in [-0.3, -0.25) is 4.90 Å². The monoisotopic (exact) mass is 309 g/mol. The highest BCUT2D eigenvalue weighted by molar-refractivity contribution is 5.81. The average Bonchev–Trinajstić information content (AvgIpc) is 3.00. The van der Waals surface area contributed by atoms with Gasteiger partial charge in [0.25, 0.3) is 0 Å². The number of benzene rings is 1. The quantitative estimate of drug-likeness (QED) is 0.739. The van der Waals surface area contributed by atoms with E-state index in [4.69, 9.17) is 4.42 Å². The molecule has 1 saturated heterocycles. The van der Waals surface area contributed by atoms with Crippen LogP contribution in [0.5, 0.6) is 0 Å². The van der Waals surface area contributed by atoms with Crippen LogP contribution in [0, 0.1) is 6.92 Å². The molecule has 1 aromatic carbocycles. The van der Waals surface area contributed by atoms with E-state index >= 15 is 0 Å². The molecule has 0 amide bonds. The van der Waals surface area contributed by atoms with E-state index in [1.807, 2.05) is 13.1 Å². The zero-order chi connectivity index (χ0) is 15.6. The molecule has 0 unspecified atom stereocenters. The van der Waals surface area contributed by atoms with Crippen LogP contribution in [0.1, 0.15) is 11.7 Å². The fourth-order valence-electron chi connectivity index (χ4n) is 3.00. The summed E-state index contributed by atoms with van der Waals surface area (Å²) in [5, 5.41) is 1.09. The van der Waals surface area contributed by atoms with Gasteiger partial charge in [0.2, 0.25) is 5.89 Å². The predicted molar refractivity (Wildman–Crippen MR) is 88.3 cm³/mol. The number of piperazine rings is 1. The zero-order valence-electron chi connectivity index (χ0n) is 13.1. The number of aryl methyl sites for hydroxylation is 1. The van der Waals surface area contributed by atoms with Crippen molar-refractivity contribution < 1.29 is 4.42 Å². The number of nitrogens with zero attached hydrogens (tertiary/aromatic N) is 5. The average molecular weight is 309 g/mol. The molecule has 0 radical (unpaired) electrons. The smallest absolute Gasteiger partial charge is 0.208 e. The largest absolute Gasteiger partial charge is 0.445 e. The van der Waals surface area contributed by atoms with Crippen molar-refractivity contribution in [2.75, 3.05) is 31.1 Å². The van der Waals surface area contributed by atoms with E-state index < -0.39 is 0 Å². The molecule has 0 N–H and O–H groups in total. The van der Waals surface area contributed by atoms with Crippen molar-refractivity contribution in [2.24, 2.45) is 0 Å². The fourth-order valence-corrected chi connectivity index (χ4v) is 3.00. The Morgan fingerprint density at radius 2 is 1.96 bits per heavy atom. The summed E-state index contributed by atoms with van der Waals surface area (Å²) in [6, 6.07) is 6.37. The lowest BCUT2D eigenvalue weighted by molar-refractivity contribution is 0.225. The normalized spacial score (nSPS) is 16.1. The Labute approximate surface area is 134 Å². The third-order valence-corrected chi connectivity index (χ3v) is 4.25. The molecule has 118 valence electrons. The van der Waals surface area contributed by atoms with Crippen molar-refractivity contribution in [1.82, 2.24) is 19.9 Å². The van der Waals surface area contributed by atoms with Gasteiger partial charge in [-0.1, -0.05) is 0 Å². The molecule has 4 rings (SSSR count). The first-order valence-corrected chi connectivity index (χ1v) is 7.86. The second-order valence-electron chi connectivity index (χ2n) is 5.89. The number of hydrogen-bond donors (Lipinski definition) is 0. The highest BCUT2D eigenvalue weighted by Crippen LogP contribution is 2.22. The number of hydrogen-bond acceptors (Lipinski definition) is 6. The van der Waals surface area contributed by atoms with Gasteiger partial charge in [-0.05, 0) is 25.1 Å². The Balaban J connectivity index is 1.42. The highest BCUT2D eigenvalue weighted by atomic mass is 16.4. The molecule has 0 bridgehead atoms. The summed E-state index contributed by atoms with van der Waals surface area (Å²) in [7, 11) is 0. The summed E-state index contributed by atoms with van der Waals surface area (Å²) in [5.74, 6) is 1.68. The standard InChI is InChI=1S/C17H19N5O/c1-13-9-19-17(23-13)11-21-4-6-22(7-5-21)15-2-3-16-14(8-15)10-18-12-20-16/h2-3,8-10,12H,4-7,11H2,1H3. The molecule has 2 aromatic heterocycles. The van der Waals surface area contributed by atoms with E-state index in [2.05, 4.69) is 43.0 Å². The van der Waals surface area contributed by atoms with Crippen LogP contribution in [0.25, 0.3) is 10.9 Å². The van der Waals surface area contributed by atoms with Crippen LogP contribution in [-0.4, -0.2) is 46.0 Å².